The molecule has 25 heavy (non-hydrogen) atoms. The van der Waals surface area contributed by atoms with E-state index < -0.39 is 0 Å². The van der Waals surface area contributed by atoms with Crippen molar-refractivity contribution in [2.24, 2.45) is 0 Å². The third-order valence-electron chi connectivity index (χ3n) is 4.68. The topological polar surface area (TPSA) is 108 Å². The number of fused-ring (bicyclic) bond motifs is 2. The molecule has 0 saturated heterocycles. The minimum Gasteiger partial charge on any atom is -0.369 e. The fourth-order valence-corrected chi connectivity index (χ4v) is 3.31. The summed E-state index contributed by atoms with van der Waals surface area (Å²) >= 11 is 0. The molecule has 0 saturated carbocycles. The molecule has 0 bridgehead atoms. The Morgan fingerprint density at radius 3 is 2.92 bits per heavy atom. The van der Waals surface area contributed by atoms with E-state index in [0.29, 0.717) is 55.3 Å². The Bertz CT molecular complexity index is 957. The SMILES string of the molecule is CCn1c(N)nc2cc(C(=O)N3CCc4nnc(C)n4CC3)cnc21. The minimum absolute atomic E-state index is 0.0459. The number of anilines is 1. The van der Waals surface area contributed by atoms with E-state index >= 15 is 0 Å². The molecule has 0 aliphatic carbocycles. The van der Waals surface area contributed by atoms with Crippen LogP contribution in [0.3, 0.4) is 0 Å². The number of hydrogen-bond donors (Lipinski definition) is 1. The van der Waals surface area contributed by atoms with Crippen LogP contribution in [0.15, 0.2) is 12.3 Å². The zero-order valence-electron chi connectivity index (χ0n) is 14.3. The zero-order chi connectivity index (χ0) is 17.6. The Hall–Kier alpha value is -2.97. The summed E-state index contributed by atoms with van der Waals surface area (Å²) in [7, 11) is 0. The summed E-state index contributed by atoms with van der Waals surface area (Å²) in [6.07, 6.45) is 2.30. The van der Waals surface area contributed by atoms with Crippen LogP contribution in [0.5, 0.6) is 0 Å². The highest BCUT2D eigenvalue weighted by molar-refractivity contribution is 5.96. The van der Waals surface area contributed by atoms with E-state index in [4.69, 9.17) is 5.73 Å². The van der Waals surface area contributed by atoms with Crippen LogP contribution in [0, 0.1) is 6.92 Å². The first kappa shape index (κ1) is 15.6. The molecule has 1 aliphatic rings. The minimum atomic E-state index is -0.0459. The van der Waals surface area contributed by atoms with Crippen LogP contribution in [0.25, 0.3) is 11.2 Å². The lowest BCUT2D eigenvalue weighted by atomic mass is 10.2. The summed E-state index contributed by atoms with van der Waals surface area (Å²) in [4.78, 5) is 23.4. The van der Waals surface area contributed by atoms with Crippen LogP contribution in [0.4, 0.5) is 5.95 Å². The molecule has 3 aromatic heterocycles. The van der Waals surface area contributed by atoms with Crippen molar-refractivity contribution in [3.8, 4) is 0 Å². The van der Waals surface area contributed by atoms with Crippen LogP contribution < -0.4 is 5.73 Å². The lowest BCUT2D eigenvalue weighted by Gasteiger charge is -2.20. The van der Waals surface area contributed by atoms with Crippen molar-refractivity contribution in [2.45, 2.75) is 33.4 Å². The largest absolute Gasteiger partial charge is 0.369 e. The quantitative estimate of drug-likeness (QED) is 0.733. The summed E-state index contributed by atoms with van der Waals surface area (Å²) < 4.78 is 3.89. The molecule has 9 heteroatoms. The van der Waals surface area contributed by atoms with E-state index in [9.17, 15) is 4.79 Å². The second-order valence-electron chi connectivity index (χ2n) is 6.14. The van der Waals surface area contributed by atoms with Gasteiger partial charge in [0.05, 0.1) is 5.56 Å². The van der Waals surface area contributed by atoms with Crippen molar-refractivity contribution in [1.29, 1.82) is 0 Å². The molecular formula is C16H20N8O. The Morgan fingerprint density at radius 2 is 2.12 bits per heavy atom. The Kier molecular flexibility index (Phi) is 3.63. The number of imidazole rings is 1. The van der Waals surface area contributed by atoms with Gasteiger partial charge in [0.2, 0.25) is 5.95 Å². The van der Waals surface area contributed by atoms with Crippen molar-refractivity contribution >= 4 is 23.0 Å². The van der Waals surface area contributed by atoms with Crippen LogP contribution in [0.2, 0.25) is 0 Å². The van der Waals surface area contributed by atoms with Gasteiger partial charge >= 0.3 is 0 Å². The molecule has 1 aliphatic heterocycles. The molecule has 0 unspecified atom stereocenters. The summed E-state index contributed by atoms with van der Waals surface area (Å²) in [6.45, 7) is 6.53. The van der Waals surface area contributed by atoms with Crippen LogP contribution in [-0.2, 0) is 19.5 Å². The molecule has 3 aromatic rings. The van der Waals surface area contributed by atoms with Gasteiger partial charge in [-0.2, -0.15) is 0 Å². The maximum absolute atomic E-state index is 12.9. The van der Waals surface area contributed by atoms with E-state index in [1.807, 2.05) is 23.3 Å². The van der Waals surface area contributed by atoms with E-state index in [-0.39, 0.29) is 5.91 Å². The molecule has 0 spiro atoms. The average molecular weight is 340 g/mol. The van der Waals surface area contributed by atoms with Gasteiger partial charge in [0.15, 0.2) is 5.65 Å². The Morgan fingerprint density at radius 1 is 1.28 bits per heavy atom. The number of aromatic nitrogens is 6. The van der Waals surface area contributed by atoms with Gasteiger partial charge in [0.25, 0.3) is 5.91 Å². The van der Waals surface area contributed by atoms with Gasteiger partial charge in [-0.15, -0.1) is 10.2 Å². The first-order chi connectivity index (χ1) is 12.1. The second kappa shape index (κ2) is 5.83. The molecule has 130 valence electrons. The number of amides is 1. The number of hydrogen-bond acceptors (Lipinski definition) is 6. The number of carbonyl (C=O) groups excluding carboxylic acids is 1. The van der Waals surface area contributed by atoms with E-state index in [2.05, 4.69) is 24.7 Å². The zero-order valence-corrected chi connectivity index (χ0v) is 14.3. The third kappa shape index (κ3) is 2.51. The standard InChI is InChI=1S/C16H20N8O/c1-3-23-14-12(19-16(23)17)8-11(9-18-14)15(25)22-5-4-13-21-20-10(2)24(13)7-6-22/h8-9H,3-7H2,1-2H3,(H2,17,19). The van der Waals surface area contributed by atoms with Gasteiger partial charge in [-0.1, -0.05) is 0 Å². The monoisotopic (exact) mass is 340 g/mol. The lowest BCUT2D eigenvalue weighted by Crippen LogP contribution is -2.33. The van der Waals surface area contributed by atoms with E-state index in [1.165, 1.54) is 0 Å². The molecular weight excluding hydrogens is 320 g/mol. The number of carbonyl (C=O) groups is 1. The summed E-state index contributed by atoms with van der Waals surface area (Å²) in [5.74, 6) is 2.18. The predicted octanol–water partition coefficient (Wildman–Crippen LogP) is 0.632. The van der Waals surface area contributed by atoms with Gasteiger partial charge < -0.3 is 15.2 Å². The molecule has 0 fully saturated rings. The van der Waals surface area contributed by atoms with E-state index in [1.54, 1.807) is 12.3 Å². The number of nitrogens with two attached hydrogens (primary N) is 1. The Labute approximate surface area is 144 Å². The van der Waals surface area contributed by atoms with Crippen molar-refractivity contribution in [1.82, 2.24) is 34.2 Å². The highest BCUT2D eigenvalue weighted by atomic mass is 16.2. The van der Waals surface area contributed by atoms with E-state index in [0.717, 1.165) is 11.6 Å². The second-order valence-corrected chi connectivity index (χ2v) is 6.14. The van der Waals surface area contributed by atoms with Crippen LogP contribution in [0.1, 0.15) is 28.9 Å². The van der Waals surface area contributed by atoms with Crippen molar-refractivity contribution < 1.29 is 4.79 Å². The molecule has 1 amide bonds. The van der Waals surface area contributed by atoms with Gasteiger partial charge in [-0.05, 0) is 19.9 Å². The smallest absolute Gasteiger partial charge is 0.255 e. The van der Waals surface area contributed by atoms with Crippen LogP contribution >= 0.6 is 0 Å². The number of aryl methyl sites for hydroxylation is 2. The van der Waals surface area contributed by atoms with Gasteiger partial charge in [-0.25, -0.2) is 9.97 Å². The fourth-order valence-electron chi connectivity index (χ4n) is 3.31. The number of nitrogen functional groups attached to an aromatic ring is 1. The van der Waals surface area contributed by atoms with Gasteiger partial charge in [0.1, 0.15) is 17.2 Å². The first-order valence-corrected chi connectivity index (χ1v) is 8.38. The number of nitrogens with zero attached hydrogens (tertiary/aromatic N) is 7. The molecule has 0 radical (unpaired) electrons. The fraction of sp³-hybridized carbons (Fsp3) is 0.438. The van der Waals surface area contributed by atoms with Crippen LogP contribution in [-0.4, -0.2) is 53.2 Å². The third-order valence-corrected chi connectivity index (χ3v) is 4.68. The molecule has 0 atom stereocenters. The summed E-state index contributed by atoms with van der Waals surface area (Å²) in [5, 5.41) is 8.28. The van der Waals surface area contributed by atoms with Gasteiger partial charge in [-0.3, -0.25) is 9.36 Å². The molecule has 9 nitrogen and oxygen atoms in total. The lowest BCUT2D eigenvalue weighted by molar-refractivity contribution is 0.0758. The molecule has 4 rings (SSSR count). The maximum Gasteiger partial charge on any atom is 0.255 e. The Balaban J connectivity index is 1.60. The predicted molar refractivity (Wildman–Crippen MR) is 92.0 cm³/mol. The highest BCUT2D eigenvalue weighted by Gasteiger charge is 2.22. The maximum atomic E-state index is 12.9. The molecule has 0 aromatic carbocycles. The normalized spacial score (nSPS) is 14.6. The number of pyridine rings is 1. The van der Waals surface area contributed by atoms with Gasteiger partial charge in [0, 0.05) is 38.8 Å². The first-order valence-electron chi connectivity index (χ1n) is 8.38. The van der Waals surface area contributed by atoms with Crippen molar-refractivity contribution in [3.63, 3.8) is 0 Å². The average Bonchev–Trinajstić information content (AvgIpc) is 3.03. The molecule has 2 N–H and O–H groups in total. The summed E-state index contributed by atoms with van der Waals surface area (Å²) in [6, 6.07) is 1.77. The highest BCUT2D eigenvalue weighted by Crippen LogP contribution is 2.18. The summed E-state index contributed by atoms with van der Waals surface area (Å²) in [5.41, 5.74) is 7.78. The molecule has 4 heterocycles. The van der Waals surface area contributed by atoms with Crippen molar-refractivity contribution in [2.75, 3.05) is 18.8 Å². The van der Waals surface area contributed by atoms with Crippen molar-refractivity contribution in [3.05, 3.63) is 29.5 Å². The number of rotatable bonds is 2.